The zero-order valence-corrected chi connectivity index (χ0v) is 18.5. The molecule has 30 heavy (non-hydrogen) atoms. The molecule has 0 saturated carbocycles. The molecule has 1 amide bonds. The minimum absolute atomic E-state index is 0.0148. The Bertz CT molecular complexity index is 959. The van der Waals surface area contributed by atoms with Gasteiger partial charge in [-0.15, -0.1) is 0 Å². The van der Waals surface area contributed by atoms with Gasteiger partial charge in [0.1, 0.15) is 5.82 Å². The predicted molar refractivity (Wildman–Crippen MR) is 115 cm³/mol. The third-order valence-corrected chi connectivity index (χ3v) is 6.86. The van der Waals surface area contributed by atoms with Crippen molar-refractivity contribution >= 4 is 34.0 Å². The van der Waals surface area contributed by atoms with Crippen molar-refractivity contribution in [2.24, 2.45) is 4.36 Å². The second-order valence-corrected chi connectivity index (χ2v) is 10.4. The predicted octanol–water partition coefficient (Wildman–Crippen LogP) is 5.51. The number of halogens is 4. The number of carbonyl (C=O) groups is 1. The molecular weight excluding hydrogens is 435 g/mol. The minimum atomic E-state index is -4.48. The van der Waals surface area contributed by atoms with E-state index in [1.807, 2.05) is 17.0 Å². The fraction of sp³-hybridized carbons (Fsp3) is 0.429. The lowest BCUT2D eigenvalue weighted by atomic mass is 9.87. The third-order valence-electron chi connectivity index (χ3n) is 4.85. The fourth-order valence-electron chi connectivity index (χ4n) is 3.05. The molecule has 0 atom stereocenters. The Morgan fingerprint density at radius 3 is 2.20 bits per heavy atom. The number of carbonyl (C=O) groups excluding carboxylic acids is 1. The highest BCUT2D eigenvalue weighted by atomic mass is 35.5. The summed E-state index contributed by atoms with van der Waals surface area (Å²) in [5, 5.41) is -0.0291. The highest BCUT2D eigenvalue weighted by molar-refractivity contribution is 7.87. The summed E-state index contributed by atoms with van der Waals surface area (Å²) in [6, 6.07) is 8.41. The average molecular weight is 458 g/mol. The van der Waals surface area contributed by atoms with Gasteiger partial charge in [-0.3, -0.25) is 4.79 Å². The van der Waals surface area contributed by atoms with Crippen LogP contribution in [-0.2, 0) is 22.3 Å². The van der Waals surface area contributed by atoms with Crippen LogP contribution < -0.4 is 4.90 Å². The van der Waals surface area contributed by atoms with Crippen molar-refractivity contribution in [3.63, 3.8) is 0 Å². The SMILES string of the molecule is CC(C)(C)c1ccc(C(=O)N=S2CCN(c3ncc(C(F)(F)F)cc3Cl)CC2)cc1. The second-order valence-electron chi connectivity index (χ2n) is 8.11. The summed E-state index contributed by atoms with van der Waals surface area (Å²) in [5.74, 6) is 1.35. The topological polar surface area (TPSA) is 45.6 Å². The normalized spacial score (nSPS) is 15.9. The molecule has 1 aromatic carbocycles. The summed E-state index contributed by atoms with van der Waals surface area (Å²) in [6.45, 7) is 7.39. The van der Waals surface area contributed by atoms with Crippen molar-refractivity contribution in [2.75, 3.05) is 29.5 Å². The number of rotatable bonds is 2. The quantitative estimate of drug-likeness (QED) is 0.597. The molecule has 4 nitrogen and oxygen atoms in total. The fourth-order valence-corrected chi connectivity index (χ4v) is 4.92. The van der Waals surface area contributed by atoms with Gasteiger partial charge in [0.2, 0.25) is 0 Å². The van der Waals surface area contributed by atoms with Crippen molar-refractivity contribution in [3.8, 4) is 0 Å². The van der Waals surface area contributed by atoms with Gasteiger partial charge < -0.3 is 4.90 Å². The van der Waals surface area contributed by atoms with E-state index in [1.54, 1.807) is 12.1 Å². The lowest BCUT2D eigenvalue weighted by molar-refractivity contribution is -0.137. The molecule has 0 aliphatic carbocycles. The van der Waals surface area contributed by atoms with Crippen LogP contribution in [0.25, 0.3) is 0 Å². The van der Waals surface area contributed by atoms with Gasteiger partial charge in [0.05, 0.1) is 10.6 Å². The van der Waals surface area contributed by atoms with E-state index in [2.05, 4.69) is 30.1 Å². The van der Waals surface area contributed by atoms with Crippen molar-refractivity contribution < 1.29 is 18.0 Å². The van der Waals surface area contributed by atoms with E-state index in [9.17, 15) is 18.0 Å². The largest absolute Gasteiger partial charge is 0.417 e. The molecule has 1 saturated heterocycles. The summed E-state index contributed by atoms with van der Waals surface area (Å²) < 4.78 is 42.7. The Labute approximate surface area is 181 Å². The van der Waals surface area contributed by atoms with Crippen LogP contribution in [0.1, 0.15) is 42.3 Å². The average Bonchev–Trinajstić information content (AvgIpc) is 2.67. The third kappa shape index (κ3) is 5.40. The second kappa shape index (κ2) is 8.67. The van der Waals surface area contributed by atoms with Crippen LogP contribution in [0.2, 0.25) is 5.02 Å². The van der Waals surface area contributed by atoms with Gasteiger partial charge >= 0.3 is 6.18 Å². The number of amides is 1. The number of hydrogen-bond acceptors (Lipinski definition) is 3. The summed E-state index contributed by atoms with van der Waals surface area (Å²) in [4.78, 5) is 18.2. The van der Waals surface area contributed by atoms with E-state index < -0.39 is 22.4 Å². The van der Waals surface area contributed by atoms with Crippen molar-refractivity contribution in [1.29, 1.82) is 0 Å². The van der Waals surface area contributed by atoms with Gasteiger partial charge in [-0.05, 0) is 29.2 Å². The molecule has 0 N–H and O–H groups in total. The smallest absolute Gasteiger partial charge is 0.354 e. The molecule has 9 heteroatoms. The number of alkyl halides is 3. The molecule has 0 radical (unpaired) electrons. The van der Waals surface area contributed by atoms with Gasteiger partial charge in [-0.2, -0.15) is 17.5 Å². The van der Waals surface area contributed by atoms with E-state index in [0.29, 0.717) is 36.0 Å². The monoisotopic (exact) mass is 457 g/mol. The highest BCUT2D eigenvalue weighted by Crippen LogP contribution is 2.33. The van der Waals surface area contributed by atoms with Gasteiger partial charge in [-0.25, -0.2) is 4.98 Å². The van der Waals surface area contributed by atoms with E-state index >= 15 is 0 Å². The van der Waals surface area contributed by atoms with Gasteiger partial charge in [0, 0.05) is 36.4 Å². The molecular formula is C21H23ClF3N3OS. The van der Waals surface area contributed by atoms with Crippen LogP contribution in [0, 0.1) is 0 Å². The number of anilines is 1. The maximum Gasteiger partial charge on any atom is 0.417 e. The summed E-state index contributed by atoms with van der Waals surface area (Å²) >= 11 is 6.03. The van der Waals surface area contributed by atoms with E-state index in [0.717, 1.165) is 17.8 Å². The van der Waals surface area contributed by atoms with E-state index in [4.69, 9.17) is 11.6 Å². The van der Waals surface area contributed by atoms with Crippen LogP contribution in [0.3, 0.4) is 0 Å². The molecule has 1 fully saturated rings. The number of benzene rings is 1. The summed E-state index contributed by atoms with van der Waals surface area (Å²) in [6.07, 6.45) is -3.68. The van der Waals surface area contributed by atoms with Crippen LogP contribution >= 0.6 is 11.6 Å². The molecule has 2 aromatic rings. The Kier molecular flexibility index (Phi) is 6.57. The molecule has 0 spiro atoms. The molecule has 162 valence electrons. The van der Waals surface area contributed by atoms with E-state index in [1.165, 1.54) is 0 Å². The zero-order valence-electron chi connectivity index (χ0n) is 17.0. The van der Waals surface area contributed by atoms with Crippen LogP contribution in [0.4, 0.5) is 19.0 Å². The molecule has 0 bridgehead atoms. The number of pyridine rings is 1. The summed E-state index contributed by atoms with van der Waals surface area (Å²) in [7, 11) is -0.434. The van der Waals surface area contributed by atoms with E-state index in [-0.39, 0.29) is 16.3 Å². The maximum absolute atomic E-state index is 12.8. The number of nitrogens with zero attached hydrogens (tertiary/aromatic N) is 3. The number of hydrogen-bond donors (Lipinski definition) is 0. The van der Waals surface area contributed by atoms with Crippen molar-refractivity contribution in [3.05, 3.63) is 58.2 Å². The van der Waals surface area contributed by atoms with Crippen LogP contribution in [0.5, 0.6) is 0 Å². The molecule has 1 aliphatic heterocycles. The Balaban J connectivity index is 1.65. The number of aromatic nitrogens is 1. The first-order valence-electron chi connectivity index (χ1n) is 9.47. The Hall–Kier alpha value is -1.93. The van der Waals surface area contributed by atoms with Gasteiger partial charge in [0.25, 0.3) is 5.91 Å². The van der Waals surface area contributed by atoms with Gasteiger partial charge in [0.15, 0.2) is 0 Å². The Morgan fingerprint density at radius 1 is 1.10 bits per heavy atom. The zero-order chi connectivity index (χ0) is 22.1. The minimum Gasteiger partial charge on any atom is -0.354 e. The van der Waals surface area contributed by atoms with Crippen LogP contribution in [0.15, 0.2) is 40.9 Å². The maximum atomic E-state index is 12.8. The van der Waals surface area contributed by atoms with Crippen LogP contribution in [-0.4, -0.2) is 35.5 Å². The van der Waals surface area contributed by atoms with Crippen molar-refractivity contribution in [1.82, 2.24) is 4.98 Å². The standard InChI is InChI=1S/C21H23ClF3N3OS/c1-20(2,3)15-6-4-14(5-7-15)19(29)27-30-10-8-28(9-11-30)18-17(22)12-16(13-26-18)21(23,24)25/h4-7,12-13H,8-11H2,1-3H3. The first-order chi connectivity index (χ1) is 13.9. The summed E-state index contributed by atoms with van der Waals surface area (Å²) in [5.41, 5.74) is 0.855. The van der Waals surface area contributed by atoms with Gasteiger partial charge in [-0.1, -0.05) is 55.2 Å². The molecule has 2 heterocycles. The highest BCUT2D eigenvalue weighted by Gasteiger charge is 2.32. The lowest BCUT2D eigenvalue weighted by Crippen LogP contribution is -2.38. The lowest BCUT2D eigenvalue weighted by Gasteiger charge is -2.30. The first kappa shape index (κ1) is 22.7. The molecule has 1 aliphatic rings. The molecule has 1 aromatic heterocycles. The Morgan fingerprint density at radius 2 is 1.70 bits per heavy atom. The first-order valence-corrected chi connectivity index (χ1v) is 11.4. The van der Waals surface area contributed by atoms with Crippen molar-refractivity contribution in [2.45, 2.75) is 32.4 Å². The molecule has 0 unspecified atom stereocenters. The molecule has 3 rings (SSSR count).